The van der Waals surface area contributed by atoms with Crippen molar-refractivity contribution in [1.82, 2.24) is 5.32 Å². The standard InChI is InChI=1S/C18H21N/c1-13-7-14(2)9-15(8-13)11-19-12-17-10-16-5-3-4-6-18(16)17/h3-9,17,19H,10-12H2,1-2H3. The van der Waals surface area contributed by atoms with Gasteiger partial charge in [0.15, 0.2) is 0 Å². The molecule has 2 aromatic carbocycles. The molecule has 98 valence electrons. The molecular formula is C18H21N. The number of aryl methyl sites for hydroxylation is 2. The maximum absolute atomic E-state index is 3.60. The maximum atomic E-state index is 3.60. The molecule has 0 radical (unpaired) electrons. The van der Waals surface area contributed by atoms with Crippen molar-refractivity contribution in [1.29, 1.82) is 0 Å². The molecule has 1 aliphatic carbocycles. The van der Waals surface area contributed by atoms with Gasteiger partial charge in [0.2, 0.25) is 0 Å². The Morgan fingerprint density at radius 3 is 2.53 bits per heavy atom. The second kappa shape index (κ2) is 5.18. The van der Waals surface area contributed by atoms with Crippen molar-refractivity contribution in [3.63, 3.8) is 0 Å². The normalized spacial score (nSPS) is 16.8. The van der Waals surface area contributed by atoms with Crippen LogP contribution in [-0.2, 0) is 13.0 Å². The molecule has 1 atom stereocenters. The van der Waals surface area contributed by atoms with Crippen LogP contribution >= 0.6 is 0 Å². The minimum Gasteiger partial charge on any atom is -0.312 e. The zero-order valence-corrected chi connectivity index (χ0v) is 11.7. The molecule has 0 bridgehead atoms. The fourth-order valence-corrected chi connectivity index (χ4v) is 3.11. The highest BCUT2D eigenvalue weighted by Gasteiger charge is 2.24. The molecular weight excluding hydrogens is 230 g/mol. The Morgan fingerprint density at radius 2 is 1.79 bits per heavy atom. The zero-order valence-electron chi connectivity index (χ0n) is 11.7. The Balaban J connectivity index is 1.55. The summed E-state index contributed by atoms with van der Waals surface area (Å²) in [4.78, 5) is 0. The molecule has 0 heterocycles. The van der Waals surface area contributed by atoms with E-state index in [0.717, 1.165) is 13.1 Å². The minimum absolute atomic E-state index is 0.710. The lowest BCUT2D eigenvalue weighted by atomic mass is 9.77. The van der Waals surface area contributed by atoms with E-state index in [2.05, 4.69) is 61.6 Å². The lowest BCUT2D eigenvalue weighted by Gasteiger charge is -2.30. The SMILES string of the molecule is Cc1cc(C)cc(CNCC2Cc3ccccc32)c1. The van der Waals surface area contributed by atoms with Crippen LogP contribution in [0, 0.1) is 13.8 Å². The molecule has 3 rings (SSSR count). The third-order valence-corrected chi connectivity index (χ3v) is 3.96. The fourth-order valence-electron chi connectivity index (χ4n) is 3.11. The van der Waals surface area contributed by atoms with E-state index < -0.39 is 0 Å². The first-order valence-electron chi connectivity index (χ1n) is 7.08. The molecule has 1 heteroatoms. The van der Waals surface area contributed by atoms with Gasteiger partial charge < -0.3 is 5.32 Å². The van der Waals surface area contributed by atoms with Gasteiger partial charge in [0.25, 0.3) is 0 Å². The van der Waals surface area contributed by atoms with Gasteiger partial charge in [-0.2, -0.15) is 0 Å². The van der Waals surface area contributed by atoms with Crippen LogP contribution in [0.3, 0.4) is 0 Å². The summed E-state index contributed by atoms with van der Waals surface area (Å²) in [5.41, 5.74) is 7.16. The van der Waals surface area contributed by atoms with Crippen LogP contribution in [0.25, 0.3) is 0 Å². The van der Waals surface area contributed by atoms with Crippen LogP contribution in [-0.4, -0.2) is 6.54 Å². The predicted octanol–water partition coefficient (Wildman–Crippen LogP) is 3.73. The molecule has 0 aromatic heterocycles. The van der Waals surface area contributed by atoms with Gasteiger partial charge in [-0.3, -0.25) is 0 Å². The third kappa shape index (κ3) is 2.71. The van der Waals surface area contributed by atoms with Crippen molar-refractivity contribution in [2.45, 2.75) is 32.7 Å². The molecule has 1 nitrogen and oxygen atoms in total. The van der Waals surface area contributed by atoms with Crippen LogP contribution in [0.4, 0.5) is 0 Å². The Bertz CT molecular complexity index is 566. The quantitative estimate of drug-likeness (QED) is 0.873. The highest BCUT2D eigenvalue weighted by Crippen LogP contribution is 2.33. The van der Waals surface area contributed by atoms with Crippen molar-refractivity contribution < 1.29 is 0 Å². The van der Waals surface area contributed by atoms with E-state index >= 15 is 0 Å². The number of hydrogen-bond acceptors (Lipinski definition) is 1. The molecule has 1 aliphatic rings. The van der Waals surface area contributed by atoms with E-state index in [4.69, 9.17) is 0 Å². The molecule has 0 saturated heterocycles. The molecule has 0 aliphatic heterocycles. The average molecular weight is 251 g/mol. The second-order valence-corrected chi connectivity index (χ2v) is 5.73. The summed E-state index contributed by atoms with van der Waals surface area (Å²) >= 11 is 0. The summed E-state index contributed by atoms with van der Waals surface area (Å²) in [6, 6.07) is 15.6. The molecule has 0 fully saturated rings. The maximum Gasteiger partial charge on any atom is 0.0205 e. The number of hydrogen-bond donors (Lipinski definition) is 1. The number of fused-ring (bicyclic) bond motifs is 1. The highest BCUT2D eigenvalue weighted by molar-refractivity contribution is 5.40. The Morgan fingerprint density at radius 1 is 1.05 bits per heavy atom. The van der Waals surface area contributed by atoms with E-state index in [1.54, 1.807) is 0 Å². The van der Waals surface area contributed by atoms with E-state index in [9.17, 15) is 0 Å². The van der Waals surface area contributed by atoms with E-state index in [1.165, 1.54) is 34.2 Å². The van der Waals surface area contributed by atoms with Gasteiger partial charge in [0.05, 0.1) is 0 Å². The Kier molecular flexibility index (Phi) is 3.39. The van der Waals surface area contributed by atoms with Gasteiger partial charge >= 0.3 is 0 Å². The zero-order chi connectivity index (χ0) is 13.2. The molecule has 0 amide bonds. The van der Waals surface area contributed by atoms with Crippen molar-refractivity contribution in [3.8, 4) is 0 Å². The van der Waals surface area contributed by atoms with Crippen molar-refractivity contribution >= 4 is 0 Å². The monoisotopic (exact) mass is 251 g/mol. The van der Waals surface area contributed by atoms with Crippen molar-refractivity contribution in [2.24, 2.45) is 0 Å². The summed E-state index contributed by atoms with van der Waals surface area (Å²) in [6.45, 7) is 6.39. The second-order valence-electron chi connectivity index (χ2n) is 5.73. The van der Waals surface area contributed by atoms with Crippen LogP contribution < -0.4 is 5.32 Å². The van der Waals surface area contributed by atoms with Gasteiger partial charge in [0.1, 0.15) is 0 Å². The first-order valence-corrected chi connectivity index (χ1v) is 7.08. The van der Waals surface area contributed by atoms with Gasteiger partial charge in [-0.15, -0.1) is 0 Å². The molecule has 1 unspecified atom stereocenters. The van der Waals surface area contributed by atoms with Gasteiger partial charge in [-0.05, 0) is 37.0 Å². The number of rotatable bonds is 4. The predicted molar refractivity (Wildman–Crippen MR) is 80.5 cm³/mol. The average Bonchev–Trinajstić information content (AvgIpc) is 2.34. The third-order valence-electron chi connectivity index (χ3n) is 3.96. The van der Waals surface area contributed by atoms with Crippen LogP contribution in [0.2, 0.25) is 0 Å². The molecule has 0 spiro atoms. The summed E-state index contributed by atoms with van der Waals surface area (Å²) in [7, 11) is 0. The first-order chi connectivity index (χ1) is 9.22. The molecule has 2 aromatic rings. The summed E-state index contributed by atoms with van der Waals surface area (Å²) in [5, 5.41) is 3.60. The van der Waals surface area contributed by atoms with E-state index in [1.807, 2.05) is 0 Å². The summed E-state index contributed by atoms with van der Waals surface area (Å²) in [6.07, 6.45) is 1.23. The van der Waals surface area contributed by atoms with Crippen molar-refractivity contribution in [2.75, 3.05) is 6.54 Å². The number of benzene rings is 2. The fraction of sp³-hybridized carbons (Fsp3) is 0.333. The van der Waals surface area contributed by atoms with Crippen LogP contribution in [0.5, 0.6) is 0 Å². The first kappa shape index (κ1) is 12.4. The van der Waals surface area contributed by atoms with Gasteiger partial charge in [-0.25, -0.2) is 0 Å². The molecule has 1 N–H and O–H groups in total. The van der Waals surface area contributed by atoms with Crippen LogP contribution in [0.15, 0.2) is 42.5 Å². The molecule has 0 saturated carbocycles. The Hall–Kier alpha value is -1.60. The van der Waals surface area contributed by atoms with Crippen molar-refractivity contribution in [3.05, 3.63) is 70.3 Å². The lowest BCUT2D eigenvalue weighted by Crippen LogP contribution is -2.28. The summed E-state index contributed by atoms with van der Waals surface area (Å²) < 4.78 is 0. The Labute approximate surface area is 115 Å². The molecule has 19 heavy (non-hydrogen) atoms. The van der Waals surface area contributed by atoms with Gasteiger partial charge in [-0.1, -0.05) is 53.6 Å². The van der Waals surface area contributed by atoms with Gasteiger partial charge in [0, 0.05) is 19.0 Å². The largest absolute Gasteiger partial charge is 0.312 e. The lowest BCUT2D eigenvalue weighted by molar-refractivity contribution is 0.535. The van der Waals surface area contributed by atoms with E-state index in [0.29, 0.717) is 5.92 Å². The number of nitrogens with one attached hydrogen (secondary N) is 1. The minimum atomic E-state index is 0.710. The summed E-state index contributed by atoms with van der Waals surface area (Å²) in [5.74, 6) is 0.710. The van der Waals surface area contributed by atoms with Crippen LogP contribution in [0.1, 0.15) is 33.7 Å². The highest BCUT2D eigenvalue weighted by atomic mass is 14.9. The topological polar surface area (TPSA) is 12.0 Å². The van der Waals surface area contributed by atoms with E-state index in [-0.39, 0.29) is 0 Å². The smallest absolute Gasteiger partial charge is 0.0205 e.